The van der Waals surface area contributed by atoms with Crippen LogP contribution >= 0.6 is 25.3 Å². The average Bonchev–Trinajstić information content (AvgIpc) is 2.12. The number of hydrogen-bond donors (Lipinski definition) is 2. The smallest absolute Gasteiger partial charge is 0.315 e. The van der Waals surface area contributed by atoms with Crippen molar-refractivity contribution in [2.45, 2.75) is 6.42 Å². The minimum atomic E-state index is -0.423. The van der Waals surface area contributed by atoms with Crippen molar-refractivity contribution in [2.24, 2.45) is 0 Å². The first-order chi connectivity index (χ1) is 6.20. The lowest BCUT2D eigenvalue weighted by atomic mass is 10.5. The van der Waals surface area contributed by atoms with Crippen molar-refractivity contribution in [2.75, 3.05) is 24.7 Å². The minimum absolute atomic E-state index is 0.0323. The fraction of sp³-hybridized carbons (Fsp3) is 0.714. The summed E-state index contributed by atoms with van der Waals surface area (Å²) in [6.07, 6.45) is 0.267. The summed E-state index contributed by atoms with van der Waals surface area (Å²) in [6.45, 7) is 0.170. The number of carbonyl (C=O) groups is 2. The van der Waals surface area contributed by atoms with Gasteiger partial charge in [0.15, 0.2) is 0 Å². The van der Waals surface area contributed by atoms with Crippen LogP contribution in [0.2, 0.25) is 0 Å². The van der Waals surface area contributed by atoms with Crippen molar-refractivity contribution in [1.29, 1.82) is 0 Å². The van der Waals surface area contributed by atoms with E-state index in [1.807, 2.05) is 0 Å². The van der Waals surface area contributed by atoms with Crippen molar-refractivity contribution in [3.05, 3.63) is 0 Å². The van der Waals surface area contributed by atoms with Gasteiger partial charge in [-0.3, -0.25) is 9.59 Å². The van der Waals surface area contributed by atoms with Crippen molar-refractivity contribution in [3.8, 4) is 0 Å². The molecule has 0 spiro atoms. The summed E-state index contributed by atoms with van der Waals surface area (Å²) in [5.74, 6) is -0.273. The molecule has 76 valence electrons. The van der Waals surface area contributed by atoms with Crippen LogP contribution in [0.3, 0.4) is 0 Å². The molecule has 0 fully saturated rings. The zero-order chi connectivity index (χ0) is 10.1. The summed E-state index contributed by atoms with van der Waals surface area (Å²) >= 11 is 7.56. The first-order valence-electron chi connectivity index (χ1n) is 3.73. The van der Waals surface area contributed by atoms with Crippen LogP contribution in [0.1, 0.15) is 6.42 Å². The van der Waals surface area contributed by atoms with Gasteiger partial charge in [0, 0.05) is 5.75 Å². The van der Waals surface area contributed by atoms with E-state index in [2.05, 4.69) is 34.7 Å². The standard InChI is InChI=1S/C7H12O4S2/c8-6(1-4-12)10-2-3-11-7(9)5-13/h12-13H,1-5H2. The Morgan fingerprint density at radius 1 is 1.00 bits per heavy atom. The normalized spacial score (nSPS) is 9.38. The van der Waals surface area contributed by atoms with Gasteiger partial charge in [0.1, 0.15) is 13.2 Å². The van der Waals surface area contributed by atoms with E-state index in [9.17, 15) is 9.59 Å². The Morgan fingerprint density at radius 2 is 1.54 bits per heavy atom. The monoisotopic (exact) mass is 224 g/mol. The molecule has 0 bridgehead atoms. The predicted molar refractivity (Wildman–Crippen MR) is 54.2 cm³/mol. The Hall–Kier alpha value is -0.360. The molecular weight excluding hydrogens is 212 g/mol. The van der Waals surface area contributed by atoms with Gasteiger partial charge in [-0.1, -0.05) is 0 Å². The average molecular weight is 224 g/mol. The second-order valence-electron chi connectivity index (χ2n) is 2.07. The molecule has 0 heterocycles. The molecule has 0 aromatic heterocycles. The summed E-state index contributed by atoms with van der Waals surface area (Å²) in [7, 11) is 0. The zero-order valence-electron chi connectivity index (χ0n) is 7.06. The Kier molecular flexibility index (Phi) is 8.02. The molecule has 0 unspecified atom stereocenters. The third kappa shape index (κ3) is 7.98. The molecule has 0 aliphatic carbocycles. The van der Waals surface area contributed by atoms with E-state index in [-0.39, 0.29) is 31.4 Å². The van der Waals surface area contributed by atoms with Gasteiger partial charge in [0.2, 0.25) is 0 Å². The highest BCUT2D eigenvalue weighted by Gasteiger charge is 2.02. The van der Waals surface area contributed by atoms with Crippen LogP contribution in [0, 0.1) is 0 Å². The van der Waals surface area contributed by atoms with Crippen molar-refractivity contribution in [1.82, 2.24) is 0 Å². The van der Waals surface area contributed by atoms with Crippen LogP contribution in [-0.4, -0.2) is 36.7 Å². The Labute approximate surface area is 87.8 Å². The van der Waals surface area contributed by atoms with E-state index >= 15 is 0 Å². The maximum Gasteiger partial charge on any atom is 0.315 e. The van der Waals surface area contributed by atoms with Crippen LogP contribution < -0.4 is 0 Å². The van der Waals surface area contributed by atoms with Crippen LogP contribution in [-0.2, 0) is 19.1 Å². The molecular formula is C7H12O4S2. The van der Waals surface area contributed by atoms with Crippen LogP contribution in [0.25, 0.3) is 0 Å². The summed E-state index contributed by atoms with van der Waals surface area (Å²) in [5.41, 5.74) is 0. The van der Waals surface area contributed by atoms with Gasteiger partial charge in [0.05, 0.1) is 12.2 Å². The van der Waals surface area contributed by atoms with E-state index in [0.717, 1.165) is 0 Å². The third-order valence-corrected chi connectivity index (χ3v) is 1.54. The van der Waals surface area contributed by atoms with Crippen molar-refractivity contribution < 1.29 is 19.1 Å². The lowest BCUT2D eigenvalue weighted by molar-refractivity contribution is -0.150. The van der Waals surface area contributed by atoms with E-state index in [4.69, 9.17) is 0 Å². The largest absolute Gasteiger partial charge is 0.462 e. The SMILES string of the molecule is O=C(CS)OCCOC(=O)CCS. The molecule has 0 aromatic rings. The Morgan fingerprint density at radius 3 is 2.00 bits per heavy atom. The molecule has 0 aromatic carbocycles. The maximum atomic E-state index is 10.7. The number of ether oxygens (including phenoxy) is 2. The summed E-state index contributed by atoms with van der Waals surface area (Å²) in [4.78, 5) is 21.3. The molecule has 0 radical (unpaired) electrons. The second kappa shape index (κ2) is 8.25. The van der Waals surface area contributed by atoms with Crippen molar-refractivity contribution >= 4 is 37.2 Å². The minimum Gasteiger partial charge on any atom is -0.462 e. The zero-order valence-corrected chi connectivity index (χ0v) is 8.85. The van der Waals surface area contributed by atoms with Crippen LogP contribution in [0.4, 0.5) is 0 Å². The first-order valence-corrected chi connectivity index (χ1v) is 5.00. The van der Waals surface area contributed by atoms with Gasteiger partial charge in [-0.25, -0.2) is 0 Å². The van der Waals surface area contributed by atoms with Gasteiger partial charge in [-0.15, -0.1) is 0 Å². The second-order valence-corrected chi connectivity index (χ2v) is 2.84. The first kappa shape index (κ1) is 12.6. The van der Waals surface area contributed by atoms with E-state index in [1.54, 1.807) is 0 Å². The van der Waals surface area contributed by atoms with Crippen LogP contribution in [0.15, 0.2) is 0 Å². The fourth-order valence-corrected chi connectivity index (χ4v) is 0.794. The topological polar surface area (TPSA) is 52.6 Å². The summed E-state index contributed by atoms with van der Waals surface area (Å²) < 4.78 is 9.30. The Bertz CT molecular complexity index is 172. The highest BCUT2D eigenvalue weighted by molar-refractivity contribution is 7.81. The lowest BCUT2D eigenvalue weighted by Gasteiger charge is -2.04. The molecule has 0 saturated heterocycles. The number of esters is 2. The van der Waals surface area contributed by atoms with Crippen LogP contribution in [0.5, 0.6) is 0 Å². The van der Waals surface area contributed by atoms with E-state index in [0.29, 0.717) is 5.75 Å². The molecule has 0 atom stereocenters. The van der Waals surface area contributed by atoms with Gasteiger partial charge in [-0.2, -0.15) is 25.3 Å². The van der Waals surface area contributed by atoms with Gasteiger partial charge < -0.3 is 9.47 Å². The molecule has 0 aliphatic heterocycles. The predicted octanol–water partition coefficient (Wildman–Crippen LogP) is 0.323. The number of carbonyl (C=O) groups excluding carboxylic acids is 2. The van der Waals surface area contributed by atoms with Crippen molar-refractivity contribution in [3.63, 3.8) is 0 Å². The molecule has 4 nitrogen and oxygen atoms in total. The van der Waals surface area contributed by atoms with Gasteiger partial charge >= 0.3 is 11.9 Å². The lowest BCUT2D eigenvalue weighted by Crippen LogP contribution is -2.14. The number of thiol groups is 2. The molecule has 0 aliphatic rings. The number of rotatable bonds is 6. The summed E-state index contributed by atoms with van der Waals surface area (Å²) in [6, 6.07) is 0. The molecule has 0 amide bonds. The van der Waals surface area contributed by atoms with Gasteiger partial charge in [-0.05, 0) is 0 Å². The quantitative estimate of drug-likeness (QED) is 0.388. The third-order valence-electron chi connectivity index (χ3n) is 1.05. The molecule has 0 N–H and O–H groups in total. The van der Waals surface area contributed by atoms with E-state index in [1.165, 1.54) is 0 Å². The molecule has 0 saturated carbocycles. The molecule has 13 heavy (non-hydrogen) atoms. The molecule has 0 rings (SSSR count). The van der Waals surface area contributed by atoms with Gasteiger partial charge in [0.25, 0.3) is 0 Å². The maximum absolute atomic E-state index is 10.7. The van der Waals surface area contributed by atoms with E-state index < -0.39 is 5.97 Å². The highest BCUT2D eigenvalue weighted by atomic mass is 32.1. The highest BCUT2D eigenvalue weighted by Crippen LogP contribution is 1.89. The fourth-order valence-electron chi connectivity index (χ4n) is 0.520. The number of hydrogen-bond acceptors (Lipinski definition) is 6. The molecule has 6 heteroatoms. The Balaban J connectivity index is 3.25. The summed E-state index contributed by atoms with van der Waals surface area (Å²) in [5, 5.41) is 0.